The maximum Gasteiger partial charge on any atom is 0.335 e. The summed E-state index contributed by atoms with van der Waals surface area (Å²) in [6.45, 7) is 0. The highest BCUT2D eigenvalue weighted by Crippen LogP contribution is 2.26. The van der Waals surface area contributed by atoms with Crippen LogP contribution in [0.1, 0.15) is 31.3 Å². The summed E-state index contributed by atoms with van der Waals surface area (Å²) < 4.78 is 4.91. The lowest BCUT2D eigenvalue weighted by Crippen LogP contribution is -2.03. The van der Waals surface area contributed by atoms with Crippen molar-refractivity contribution in [3.05, 3.63) is 47.4 Å². The molecule has 1 aromatic carbocycles. The number of carboxylic acids is 2. The van der Waals surface area contributed by atoms with Crippen LogP contribution in [-0.2, 0) is 0 Å². The summed E-state index contributed by atoms with van der Waals surface area (Å²) in [5, 5.41) is 17.9. The highest BCUT2D eigenvalue weighted by molar-refractivity contribution is 5.97. The summed E-state index contributed by atoms with van der Waals surface area (Å²) in [5.74, 6) is -2.49. The Kier molecular flexibility index (Phi) is 3.15. The Labute approximate surface area is 106 Å². The lowest BCUT2D eigenvalue weighted by Gasteiger charge is -2.04. The van der Waals surface area contributed by atoms with Crippen LogP contribution in [0.25, 0.3) is 11.1 Å². The molecule has 0 aliphatic rings. The normalized spacial score (nSPS) is 10.1. The zero-order valence-corrected chi connectivity index (χ0v) is 9.49. The van der Waals surface area contributed by atoms with Crippen molar-refractivity contribution < 1.29 is 29.0 Å². The second kappa shape index (κ2) is 4.77. The van der Waals surface area contributed by atoms with Crippen LogP contribution in [0.3, 0.4) is 0 Å². The maximum absolute atomic E-state index is 11.0. The highest BCUT2D eigenvalue weighted by Gasteiger charge is 2.15. The second-order valence-electron chi connectivity index (χ2n) is 3.73. The van der Waals surface area contributed by atoms with E-state index < -0.39 is 11.9 Å². The first-order valence-electron chi connectivity index (χ1n) is 5.17. The molecule has 0 aliphatic carbocycles. The van der Waals surface area contributed by atoms with E-state index in [9.17, 15) is 14.4 Å². The summed E-state index contributed by atoms with van der Waals surface area (Å²) in [4.78, 5) is 32.7. The zero-order chi connectivity index (χ0) is 14.0. The summed E-state index contributed by atoms with van der Waals surface area (Å²) in [6.07, 6.45) is 1.75. The Hall–Kier alpha value is -2.89. The minimum Gasteiger partial charge on any atom is -0.478 e. The van der Waals surface area contributed by atoms with Gasteiger partial charge in [0.05, 0.1) is 17.4 Å². The van der Waals surface area contributed by atoms with Gasteiger partial charge < -0.3 is 14.6 Å². The summed E-state index contributed by atoms with van der Waals surface area (Å²) >= 11 is 0. The molecule has 0 unspecified atom stereocenters. The van der Waals surface area contributed by atoms with Gasteiger partial charge in [-0.1, -0.05) is 0 Å². The van der Waals surface area contributed by atoms with E-state index in [1.165, 1.54) is 24.5 Å². The fourth-order valence-electron chi connectivity index (χ4n) is 1.68. The summed E-state index contributed by atoms with van der Waals surface area (Å²) in [5.41, 5.74) is 0.301. The summed E-state index contributed by atoms with van der Waals surface area (Å²) in [7, 11) is 0. The van der Waals surface area contributed by atoms with E-state index in [0.717, 1.165) is 6.07 Å². The van der Waals surface area contributed by atoms with Crippen molar-refractivity contribution in [2.75, 3.05) is 0 Å². The molecule has 0 fully saturated rings. The highest BCUT2D eigenvalue weighted by atomic mass is 16.4. The first-order chi connectivity index (χ1) is 9.02. The van der Waals surface area contributed by atoms with Crippen molar-refractivity contribution in [1.29, 1.82) is 0 Å². The minimum atomic E-state index is -1.25. The average molecular weight is 260 g/mol. The molecule has 2 N–H and O–H groups in total. The molecule has 2 rings (SSSR count). The zero-order valence-electron chi connectivity index (χ0n) is 9.49. The van der Waals surface area contributed by atoms with Crippen molar-refractivity contribution in [2.45, 2.75) is 0 Å². The topological polar surface area (TPSA) is 105 Å². The fourth-order valence-corrected chi connectivity index (χ4v) is 1.68. The quantitative estimate of drug-likeness (QED) is 0.816. The standard InChI is InChI=1S/C13H8O6/c14-6-11-10(1-2-19-11)7-3-8(12(15)16)5-9(4-7)13(17)18/h1-6H,(H,15,16)(H,17,18). The van der Waals surface area contributed by atoms with Crippen LogP contribution in [0.2, 0.25) is 0 Å². The molecule has 0 spiro atoms. The van der Waals surface area contributed by atoms with E-state index in [1.807, 2.05) is 0 Å². The Morgan fingerprint density at radius 2 is 1.63 bits per heavy atom. The number of rotatable bonds is 4. The molecule has 0 bridgehead atoms. The van der Waals surface area contributed by atoms with Crippen molar-refractivity contribution in [3.63, 3.8) is 0 Å². The Balaban J connectivity index is 2.66. The van der Waals surface area contributed by atoms with Gasteiger partial charge in [0, 0.05) is 5.56 Å². The molecule has 0 aliphatic heterocycles. The van der Waals surface area contributed by atoms with E-state index in [0.29, 0.717) is 17.4 Å². The first kappa shape index (κ1) is 12.6. The van der Waals surface area contributed by atoms with Gasteiger partial charge in [-0.25, -0.2) is 9.59 Å². The van der Waals surface area contributed by atoms with Crippen LogP contribution in [0.5, 0.6) is 0 Å². The number of hydrogen-bond donors (Lipinski definition) is 2. The van der Waals surface area contributed by atoms with E-state index in [2.05, 4.69) is 0 Å². The number of carboxylic acid groups (broad SMARTS) is 2. The van der Waals surface area contributed by atoms with Crippen molar-refractivity contribution >= 4 is 18.2 Å². The molecule has 2 aromatic rings. The van der Waals surface area contributed by atoms with Crippen LogP contribution >= 0.6 is 0 Å². The molecule has 1 aromatic heterocycles. The number of aromatic carboxylic acids is 2. The van der Waals surface area contributed by atoms with Gasteiger partial charge in [0.15, 0.2) is 12.0 Å². The van der Waals surface area contributed by atoms with E-state index in [4.69, 9.17) is 14.6 Å². The average Bonchev–Trinajstić information content (AvgIpc) is 2.86. The van der Waals surface area contributed by atoms with Gasteiger partial charge in [-0.3, -0.25) is 4.79 Å². The van der Waals surface area contributed by atoms with E-state index >= 15 is 0 Å². The number of benzene rings is 1. The number of aldehydes is 1. The predicted octanol–water partition coefficient (Wildman–Crippen LogP) is 2.16. The van der Waals surface area contributed by atoms with Crippen molar-refractivity contribution in [1.82, 2.24) is 0 Å². The minimum absolute atomic E-state index is 0.0128. The van der Waals surface area contributed by atoms with Gasteiger partial charge in [0.1, 0.15) is 0 Å². The van der Waals surface area contributed by atoms with Gasteiger partial charge in [0.2, 0.25) is 0 Å². The predicted molar refractivity (Wildman–Crippen MR) is 63.5 cm³/mol. The van der Waals surface area contributed by atoms with Gasteiger partial charge >= 0.3 is 11.9 Å². The van der Waals surface area contributed by atoms with Gasteiger partial charge in [0.25, 0.3) is 0 Å². The SMILES string of the molecule is O=Cc1occc1-c1cc(C(=O)O)cc(C(=O)O)c1. The Bertz CT molecular complexity index is 635. The molecule has 0 saturated heterocycles. The van der Waals surface area contributed by atoms with Gasteiger partial charge in [-0.05, 0) is 29.8 Å². The first-order valence-corrected chi connectivity index (χ1v) is 5.17. The number of carbonyl (C=O) groups is 3. The lowest BCUT2D eigenvalue weighted by molar-refractivity contribution is 0.0696. The number of furan rings is 1. The van der Waals surface area contributed by atoms with Crippen LogP contribution in [0, 0.1) is 0 Å². The molecule has 0 radical (unpaired) electrons. The molecule has 0 saturated carbocycles. The second-order valence-corrected chi connectivity index (χ2v) is 3.73. The van der Waals surface area contributed by atoms with Crippen LogP contribution in [0.15, 0.2) is 34.9 Å². The Morgan fingerprint density at radius 1 is 1.05 bits per heavy atom. The largest absolute Gasteiger partial charge is 0.478 e. The molecule has 0 atom stereocenters. The van der Waals surface area contributed by atoms with E-state index in [1.54, 1.807) is 0 Å². The molecule has 1 heterocycles. The molecule has 0 amide bonds. The van der Waals surface area contributed by atoms with E-state index in [-0.39, 0.29) is 16.9 Å². The number of hydrogen-bond acceptors (Lipinski definition) is 4. The van der Waals surface area contributed by atoms with Gasteiger partial charge in [-0.2, -0.15) is 0 Å². The number of carbonyl (C=O) groups excluding carboxylic acids is 1. The smallest absolute Gasteiger partial charge is 0.335 e. The van der Waals surface area contributed by atoms with Gasteiger partial charge in [-0.15, -0.1) is 0 Å². The lowest BCUT2D eigenvalue weighted by atomic mass is 10.00. The molecule has 6 nitrogen and oxygen atoms in total. The maximum atomic E-state index is 11.0. The monoisotopic (exact) mass is 260 g/mol. The molecule has 19 heavy (non-hydrogen) atoms. The Morgan fingerprint density at radius 3 is 2.11 bits per heavy atom. The summed E-state index contributed by atoms with van der Waals surface area (Å²) in [6, 6.07) is 5.09. The van der Waals surface area contributed by atoms with Crippen LogP contribution < -0.4 is 0 Å². The van der Waals surface area contributed by atoms with Crippen molar-refractivity contribution in [2.24, 2.45) is 0 Å². The molecule has 96 valence electrons. The molecule has 6 heteroatoms. The molecular weight excluding hydrogens is 252 g/mol. The third-order valence-corrected chi connectivity index (χ3v) is 2.54. The fraction of sp³-hybridized carbons (Fsp3) is 0. The van der Waals surface area contributed by atoms with Crippen LogP contribution in [0.4, 0.5) is 0 Å². The molecular formula is C13H8O6. The third-order valence-electron chi connectivity index (χ3n) is 2.54. The third kappa shape index (κ3) is 2.37. The van der Waals surface area contributed by atoms with Crippen LogP contribution in [-0.4, -0.2) is 28.4 Å². The van der Waals surface area contributed by atoms with Crippen molar-refractivity contribution in [3.8, 4) is 11.1 Å².